The van der Waals surface area contributed by atoms with E-state index in [0.29, 0.717) is 17.1 Å². The lowest BCUT2D eigenvalue weighted by atomic mass is 10.00. The molecule has 0 aliphatic carbocycles. The second kappa shape index (κ2) is 8.88. The Hall–Kier alpha value is -3.60. The summed E-state index contributed by atoms with van der Waals surface area (Å²) in [6, 6.07) is 8.46. The third-order valence-corrected chi connectivity index (χ3v) is 5.51. The standard InChI is InChI=1S/C24H26F3N5O3/c1-14-12-31(13-28-14)18-8-6-16(10-19(18)34-5)11-20-29-22-17(23(3,4)33)7-9-21(32(22)30-20)35-15(2)24(25,26)27/h6-10,12-13,15,33H,11H2,1-5H3/t15-/m0/s1. The Bertz CT molecular complexity index is 1350. The van der Waals surface area contributed by atoms with Crippen LogP contribution < -0.4 is 9.47 Å². The quantitative estimate of drug-likeness (QED) is 0.415. The van der Waals surface area contributed by atoms with Crippen LogP contribution >= 0.6 is 0 Å². The molecule has 1 aromatic carbocycles. The van der Waals surface area contributed by atoms with Gasteiger partial charge in [-0.05, 0) is 51.5 Å². The van der Waals surface area contributed by atoms with E-state index in [0.717, 1.165) is 23.9 Å². The lowest BCUT2D eigenvalue weighted by Gasteiger charge is -2.21. The van der Waals surface area contributed by atoms with Crippen LogP contribution in [0.25, 0.3) is 11.3 Å². The summed E-state index contributed by atoms with van der Waals surface area (Å²) in [4.78, 5) is 8.76. The summed E-state index contributed by atoms with van der Waals surface area (Å²) >= 11 is 0. The minimum absolute atomic E-state index is 0.125. The average molecular weight is 489 g/mol. The number of benzene rings is 1. The van der Waals surface area contributed by atoms with E-state index in [1.165, 1.54) is 16.6 Å². The molecule has 1 atom stereocenters. The van der Waals surface area contributed by atoms with Crippen LogP contribution in [0.4, 0.5) is 13.2 Å². The van der Waals surface area contributed by atoms with Crippen molar-refractivity contribution in [1.82, 2.24) is 24.1 Å². The molecular weight excluding hydrogens is 463 g/mol. The zero-order chi connectivity index (χ0) is 25.5. The number of aromatic nitrogens is 5. The molecular formula is C24H26F3N5O3. The molecule has 35 heavy (non-hydrogen) atoms. The Morgan fingerprint density at radius 1 is 1.14 bits per heavy atom. The first-order valence-corrected chi connectivity index (χ1v) is 10.9. The Kier molecular flexibility index (Phi) is 6.22. The molecule has 0 unspecified atom stereocenters. The van der Waals surface area contributed by atoms with Crippen LogP contribution in [0, 0.1) is 6.92 Å². The molecule has 0 aliphatic rings. The molecule has 11 heteroatoms. The summed E-state index contributed by atoms with van der Waals surface area (Å²) < 4.78 is 53.0. The highest BCUT2D eigenvalue weighted by molar-refractivity contribution is 5.53. The van der Waals surface area contributed by atoms with E-state index >= 15 is 0 Å². The molecule has 0 saturated carbocycles. The van der Waals surface area contributed by atoms with Gasteiger partial charge in [-0.3, -0.25) is 0 Å². The van der Waals surface area contributed by atoms with Crippen molar-refractivity contribution in [2.45, 2.75) is 52.0 Å². The number of halogens is 3. The summed E-state index contributed by atoms with van der Waals surface area (Å²) in [5, 5.41) is 15.0. The molecule has 0 aliphatic heterocycles. The molecule has 0 fully saturated rings. The smallest absolute Gasteiger partial charge is 0.425 e. The van der Waals surface area contributed by atoms with E-state index in [2.05, 4.69) is 15.1 Å². The zero-order valence-corrected chi connectivity index (χ0v) is 20.0. The van der Waals surface area contributed by atoms with E-state index in [4.69, 9.17) is 9.47 Å². The fourth-order valence-electron chi connectivity index (χ4n) is 3.65. The molecule has 4 aromatic rings. The normalized spacial score (nSPS) is 13.3. The fourth-order valence-corrected chi connectivity index (χ4v) is 3.65. The Morgan fingerprint density at radius 3 is 2.49 bits per heavy atom. The minimum Gasteiger partial charge on any atom is -0.495 e. The summed E-state index contributed by atoms with van der Waals surface area (Å²) in [7, 11) is 1.57. The van der Waals surface area contributed by atoms with Gasteiger partial charge >= 0.3 is 6.18 Å². The Morgan fingerprint density at radius 2 is 1.89 bits per heavy atom. The van der Waals surface area contributed by atoms with Crippen molar-refractivity contribution in [2.75, 3.05) is 7.11 Å². The number of hydrogen-bond donors (Lipinski definition) is 1. The van der Waals surface area contributed by atoms with E-state index in [1.807, 2.05) is 35.9 Å². The van der Waals surface area contributed by atoms with Crippen LogP contribution in [0.1, 0.15) is 43.4 Å². The SMILES string of the molecule is COc1cc(Cc2nc3c(C(C)(C)O)ccc(O[C@@H](C)C(F)(F)F)n3n2)ccc1-n1cnc(C)c1. The van der Waals surface area contributed by atoms with Crippen molar-refractivity contribution in [3.05, 3.63) is 65.5 Å². The van der Waals surface area contributed by atoms with Crippen molar-refractivity contribution in [1.29, 1.82) is 0 Å². The molecule has 1 N–H and O–H groups in total. The van der Waals surface area contributed by atoms with Crippen molar-refractivity contribution < 1.29 is 27.8 Å². The number of hydrogen-bond acceptors (Lipinski definition) is 6. The number of alkyl halides is 3. The molecule has 4 rings (SSSR count). The average Bonchev–Trinajstić information content (AvgIpc) is 3.38. The fraction of sp³-hybridized carbons (Fsp3) is 0.375. The maximum Gasteiger partial charge on any atom is 0.425 e. The van der Waals surface area contributed by atoms with Gasteiger partial charge in [0.15, 0.2) is 17.6 Å². The van der Waals surface area contributed by atoms with Crippen molar-refractivity contribution in [3.63, 3.8) is 0 Å². The van der Waals surface area contributed by atoms with Gasteiger partial charge in [-0.1, -0.05) is 6.07 Å². The summed E-state index contributed by atoms with van der Waals surface area (Å²) in [6.45, 7) is 5.94. The van der Waals surface area contributed by atoms with Gasteiger partial charge in [-0.2, -0.15) is 17.7 Å². The molecule has 0 radical (unpaired) electrons. The molecule has 0 bridgehead atoms. The number of aryl methyl sites for hydroxylation is 1. The number of rotatable bonds is 7. The highest BCUT2D eigenvalue weighted by atomic mass is 19.4. The second-order valence-electron chi connectivity index (χ2n) is 8.81. The maximum absolute atomic E-state index is 13.1. The van der Waals surface area contributed by atoms with Gasteiger partial charge < -0.3 is 19.1 Å². The van der Waals surface area contributed by atoms with Crippen LogP contribution in [-0.4, -0.2) is 48.6 Å². The predicted molar refractivity (Wildman–Crippen MR) is 122 cm³/mol. The van der Waals surface area contributed by atoms with Gasteiger partial charge in [-0.25, -0.2) is 9.97 Å². The lowest BCUT2D eigenvalue weighted by Crippen LogP contribution is -2.32. The minimum atomic E-state index is -4.54. The largest absolute Gasteiger partial charge is 0.495 e. The molecule has 3 aromatic heterocycles. The number of ether oxygens (including phenoxy) is 2. The summed E-state index contributed by atoms with van der Waals surface area (Å²) in [6.07, 6.45) is -2.74. The Labute approximate surface area is 200 Å². The van der Waals surface area contributed by atoms with E-state index < -0.39 is 17.9 Å². The molecule has 8 nitrogen and oxygen atoms in total. The first-order chi connectivity index (χ1) is 16.4. The topological polar surface area (TPSA) is 86.7 Å². The molecule has 0 amide bonds. The van der Waals surface area contributed by atoms with Gasteiger partial charge in [0.1, 0.15) is 5.75 Å². The third-order valence-electron chi connectivity index (χ3n) is 5.51. The number of methoxy groups -OCH3 is 1. The van der Waals surface area contributed by atoms with Gasteiger partial charge in [0.2, 0.25) is 5.88 Å². The second-order valence-corrected chi connectivity index (χ2v) is 8.81. The van der Waals surface area contributed by atoms with Gasteiger partial charge in [0.05, 0.1) is 30.4 Å². The summed E-state index contributed by atoms with van der Waals surface area (Å²) in [5.41, 5.74) is 1.83. The molecule has 186 valence electrons. The molecule has 0 spiro atoms. The van der Waals surface area contributed by atoms with Crippen LogP contribution in [0.15, 0.2) is 42.9 Å². The van der Waals surface area contributed by atoms with Gasteiger partial charge in [-0.15, -0.1) is 5.10 Å². The Balaban J connectivity index is 1.72. The van der Waals surface area contributed by atoms with Crippen LogP contribution in [-0.2, 0) is 12.0 Å². The number of imidazole rings is 1. The van der Waals surface area contributed by atoms with Crippen molar-refractivity contribution in [2.24, 2.45) is 0 Å². The van der Waals surface area contributed by atoms with Crippen molar-refractivity contribution >= 4 is 5.65 Å². The number of fused-ring (bicyclic) bond motifs is 1. The van der Waals surface area contributed by atoms with E-state index in [-0.39, 0.29) is 17.9 Å². The highest BCUT2D eigenvalue weighted by Gasteiger charge is 2.38. The number of pyridine rings is 1. The first-order valence-electron chi connectivity index (χ1n) is 10.9. The van der Waals surface area contributed by atoms with Crippen LogP contribution in [0.5, 0.6) is 11.6 Å². The monoisotopic (exact) mass is 489 g/mol. The summed E-state index contributed by atoms with van der Waals surface area (Å²) in [5.74, 6) is 0.836. The van der Waals surface area contributed by atoms with Crippen molar-refractivity contribution in [3.8, 4) is 17.3 Å². The van der Waals surface area contributed by atoms with Crippen LogP contribution in [0.2, 0.25) is 0 Å². The van der Waals surface area contributed by atoms with E-state index in [9.17, 15) is 18.3 Å². The maximum atomic E-state index is 13.1. The van der Waals surface area contributed by atoms with Gasteiger partial charge in [0.25, 0.3) is 0 Å². The van der Waals surface area contributed by atoms with E-state index in [1.54, 1.807) is 27.3 Å². The molecule has 3 heterocycles. The number of nitrogens with zero attached hydrogens (tertiary/aromatic N) is 5. The molecule has 0 saturated heterocycles. The predicted octanol–water partition coefficient (Wildman–Crippen LogP) is 4.38. The third kappa shape index (κ3) is 5.09. The zero-order valence-electron chi connectivity index (χ0n) is 20.0. The lowest BCUT2D eigenvalue weighted by molar-refractivity contribution is -0.190. The number of aliphatic hydroxyl groups is 1. The first kappa shape index (κ1) is 24.5. The highest BCUT2D eigenvalue weighted by Crippen LogP contribution is 2.31. The van der Waals surface area contributed by atoms with Crippen LogP contribution in [0.3, 0.4) is 0 Å². The van der Waals surface area contributed by atoms with Gasteiger partial charge in [0, 0.05) is 24.2 Å².